The lowest BCUT2D eigenvalue weighted by molar-refractivity contribution is -0.132. The van der Waals surface area contributed by atoms with Crippen molar-refractivity contribution in [2.45, 2.75) is 63.6 Å². The third-order valence-electron chi connectivity index (χ3n) is 5.38. The van der Waals surface area contributed by atoms with Gasteiger partial charge >= 0.3 is 0 Å². The van der Waals surface area contributed by atoms with Crippen LogP contribution < -0.4 is 5.32 Å². The zero-order chi connectivity index (χ0) is 13.4. The Balaban J connectivity index is 1.57. The summed E-state index contributed by atoms with van der Waals surface area (Å²) in [6.45, 7) is 3.40. The number of nitrogens with zero attached hydrogens (tertiary/aromatic N) is 1. The number of amides is 1. The SMILES string of the molecule is CC(O)C1CCN(C(=O)C2CC3CCCCC3N2)C1. The smallest absolute Gasteiger partial charge is 0.239 e. The molecule has 4 nitrogen and oxygen atoms in total. The van der Waals surface area contributed by atoms with E-state index in [-0.39, 0.29) is 24.0 Å². The summed E-state index contributed by atoms with van der Waals surface area (Å²) in [6.07, 6.45) is 6.85. The van der Waals surface area contributed by atoms with Crippen molar-refractivity contribution in [2.24, 2.45) is 11.8 Å². The topological polar surface area (TPSA) is 52.6 Å². The van der Waals surface area contributed by atoms with Crippen LogP contribution in [0.1, 0.15) is 45.4 Å². The Morgan fingerprint density at radius 1 is 1.32 bits per heavy atom. The van der Waals surface area contributed by atoms with E-state index in [9.17, 15) is 9.90 Å². The van der Waals surface area contributed by atoms with E-state index in [1.807, 2.05) is 11.8 Å². The second-order valence-electron chi connectivity index (χ2n) is 6.68. The molecule has 2 heterocycles. The van der Waals surface area contributed by atoms with E-state index in [1.165, 1.54) is 25.7 Å². The fraction of sp³-hybridized carbons (Fsp3) is 0.933. The van der Waals surface area contributed by atoms with Crippen molar-refractivity contribution in [2.75, 3.05) is 13.1 Å². The Hall–Kier alpha value is -0.610. The number of nitrogens with one attached hydrogen (secondary N) is 1. The van der Waals surface area contributed by atoms with E-state index < -0.39 is 0 Å². The van der Waals surface area contributed by atoms with Crippen LogP contribution >= 0.6 is 0 Å². The largest absolute Gasteiger partial charge is 0.393 e. The van der Waals surface area contributed by atoms with Crippen molar-refractivity contribution in [1.29, 1.82) is 0 Å². The van der Waals surface area contributed by atoms with E-state index in [4.69, 9.17) is 0 Å². The lowest BCUT2D eigenvalue weighted by Gasteiger charge is -2.24. The first-order chi connectivity index (χ1) is 9.15. The molecule has 5 atom stereocenters. The predicted molar refractivity (Wildman–Crippen MR) is 73.7 cm³/mol. The van der Waals surface area contributed by atoms with Crippen LogP contribution in [0.2, 0.25) is 0 Å². The maximum Gasteiger partial charge on any atom is 0.239 e. The van der Waals surface area contributed by atoms with Gasteiger partial charge in [-0.1, -0.05) is 12.8 Å². The molecule has 2 saturated heterocycles. The van der Waals surface area contributed by atoms with Crippen LogP contribution in [0.5, 0.6) is 0 Å². The molecule has 2 N–H and O–H groups in total. The molecular weight excluding hydrogens is 240 g/mol. The third kappa shape index (κ3) is 2.65. The molecule has 108 valence electrons. The van der Waals surface area contributed by atoms with Gasteiger partial charge in [-0.2, -0.15) is 0 Å². The van der Waals surface area contributed by atoms with Crippen LogP contribution in [-0.2, 0) is 4.79 Å². The molecule has 3 rings (SSSR count). The van der Waals surface area contributed by atoms with Gasteiger partial charge in [0.2, 0.25) is 5.91 Å². The number of aliphatic hydroxyl groups excluding tert-OH is 1. The number of hydrogen-bond donors (Lipinski definition) is 2. The second-order valence-corrected chi connectivity index (χ2v) is 6.68. The zero-order valence-electron chi connectivity index (χ0n) is 11.8. The first kappa shape index (κ1) is 13.4. The number of likely N-dealkylation sites (tertiary alicyclic amines) is 1. The highest BCUT2D eigenvalue weighted by molar-refractivity contribution is 5.82. The van der Waals surface area contributed by atoms with Crippen molar-refractivity contribution in [1.82, 2.24) is 10.2 Å². The van der Waals surface area contributed by atoms with Gasteiger partial charge in [-0.25, -0.2) is 0 Å². The molecule has 3 aliphatic rings. The standard InChI is InChI=1S/C15H26N2O2/c1-10(18)12-6-7-17(9-12)15(19)14-8-11-4-2-3-5-13(11)16-14/h10-14,16,18H,2-9H2,1H3. The minimum absolute atomic E-state index is 0.0425. The molecule has 1 saturated carbocycles. The summed E-state index contributed by atoms with van der Waals surface area (Å²) in [7, 11) is 0. The van der Waals surface area contributed by atoms with Crippen LogP contribution in [0, 0.1) is 11.8 Å². The molecule has 4 heteroatoms. The summed E-state index contributed by atoms with van der Waals surface area (Å²) in [6, 6.07) is 0.624. The van der Waals surface area contributed by atoms with Gasteiger partial charge in [0.25, 0.3) is 0 Å². The van der Waals surface area contributed by atoms with Gasteiger partial charge in [-0.05, 0) is 38.5 Å². The van der Waals surface area contributed by atoms with E-state index in [1.54, 1.807) is 0 Å². The Labute approximate surface area is 115 Å². The van der Waals surface area contributed by atoms with Crippen LogP contribution in [0.3, 0.4) is 0 Å². The van der Waals surface area contributed by atoms with Gasteiger partial charge in [-0.3, -0.25) is 4.79 Å². The number of hydrogen-bond acceptors (Lipinski definition) is 3. The summed E-state index contributed by atoms with van der Waals surface area (Å²) < 4.78 is 0. The molecule has 19 heavy (non-hydrogen) atoms. The highest BCUT2D eigenvalue weighted by Crippen LogP contribution is 2.34. The van der Waals surface area contributed by atoms with Gasteiger partial charge in [0.15, 0.2) is 0 Å². The van der Waals surface area contributed by atoms with E-state index in [0.717, 1.165) is 31.8 Å². The third-order valence-corrected chi connectivity index (χ3v) is 5.38. The second kappa shape index (κ2) is 5.41. The molecule has 0 bridgehead atoms. The number of carbonyl (C=O) groups is 1. The Kier molecular flexibility index (Phi) is 3.81. The molecular formula is C15H26N2O2. The summed E-state index contributed by atoms with van der Waals surface area (Å²) >= 11 is 0. The molecule has 5 unspecified atom stereocenters. The molecule has 1 aliphatic carbocycles. The van der Waals surface area contributed by atoms with Gasteiger partial charge in [0.05, 0.1) is 12.1 Å². The fourth-order valence-corrected chi connectivity index (χ4v) is 4.11. The minimum Gasteiger partial charge on any atom is -0.393 e. The van der Waals surface area contributed by atoms with Crippen LogP contribution in [0.25, 0.3) is 0 Å². The first-order valence-corrected chi connectivity index (χ1v) is 7.88. The van der Waals surface area contributed by atoms with Crippen LogP contribution in [0.15, 0.2) is 0 Å². The van der Waals surface area contributed by atoms with Crippen LogP contribution in [-0.4, -0.2) is 47.2 Å². The molecule has 1 amide bonds. The highest BCUT2D eigenvalue weighted by Gasteiger charge is 2.41. The maximum atomic E-state index is 12.5. The highest BCUT2D eigenvalue weighted by atomic mass is 16.3. The maximum absolute atomic E-state index is 12.5. The number of rotatable bonds is 2. The number of fused-ring (bicyclic) bond motifs is 1. The average molecular weight is 266 g/mol. The van der Waals surface area contributed by atoms with Crippen molar-refractivity contribution in [3.05, 3.63) is 0 Å². The molecule has 0 aromatic heterocycles. The summed E-state index contributed by atoms with van der Waals surface area (Å²) in [4.78, 5) is 14.5. The van der Waals surface area contributed by atoms with E-state index in [0.29, 0.717) is 6.04 Å². The quantitative estimate of drug-likeness (QED) is 0.788. The molecule has 3 fully saturated rings. The lowest BCUT2D eigenvalue weighted by Crippen LogP contribution is -2.44. The van der Waals surface area contributed by atoms with Crippen molar-refractivity contribution in [3.63, 3.8) is 0 Å². The molecule has 0 radical (unpaired) electrons. The summed E-state index contributed by atoms with van der Waals surface area (Å²) in [5.41, 5.74) is 0. The summed E-state index contributed by atoms with van der Waals surface area (Å²) in [5, 5.41) is 13.2. The Morgan fingerprint density at radius 2 is 2.11 bits per heavy atom. The Bertz CT molecular complexity index is 331. The van der Waals surface area contributed by atoms with Gasteiger partial charge in [0.1, 0.15) is 0 Å². The molecule has 0 aromatic carbocycles. The van der Waals surface area contributed by atoms with Crippen LogP contribution in [0.4, 0.5) is 0 Å². The lowest BCUT2D eigenvalue weighted by atomic mass is 9.85. The van der Waals surface area contributed by atoms with E-state index in [2.05, 4.69) is 5.32 Å². The monoisotopic (exact) mass is 266 g/mol. The summed E-state index contributed by atoms with van der Waals surface area (Å²) in [5.74, 6) is 1.27. The molecule has 0 spiro atoms. The normalized spacial score (nSPS) is 40.2. The van der Waals surface area contributed by atoms with Crippen molar-refractivity contribution < 1.29 is 9.90 Å². The first-order valence-electron chi connectivity index (χ1n) is 7.88. The number of carbonyl (C=O) groups excluding carboxylic acids is 1. The zero-order valence-corrected chi connectivity index (χ0v) is 11.8. The average Bonchev–Trinajstić information content (AvgIpc) is 3.04. The van der Waals surface area contributed by atoms with Gasteiger partial charge in [0, 0.05) is 25.0 Å². The van der Waals surface area contributed by atoms with Crippen molar-refractivity contribution >= 4 is 5.91 Å². The fourth-order valence-electron chi connectivity index (χ4n) is 4.11. The molecule has 2 aliphatic heterocycles. The van der Waals surface area contributed by atoms with Gasteiger partial charge in [-0.15, -0.1) is 0 Å². The molecule has 0 aromatic rings. The van der Waals surface area contributed by atoms with E-state index >= 15 is 0 Å². The predicted octanol–water partition coefficient (Wildman–Crippen LogP) is 1.14. The van der Waals surface area contributed by atoms with Crippen molar-refractivity contribution in [3.8, 4) is 0 Å². The Morgan fingerprint density at radius 3 is 2.79 bits per heavy atom. The minimum atomic E-state index is -0.295. The number of aliphatic hydroxyl groups is 1. The van der Waals surface area contributed by atoms with Gasteiger partial charge < -0.3 is 15.3 Å².